The fraction of sp³-hybridized carbons (Fsp3) is 0.455. The van der Waals surface area contributed by atoms with Crippen molar-refractivity contribution in [1.82, 2.24) is 5.32 Å². The molecular formula is C11H15ClFN. The monoisotopic (exact) mass is 215 g/mol. The van der Waals surface area contributed by atoms with Crippen LogP contribution in [0.3, 0.4) is 0 Å². The molecule has 0 aromatic heterocycles. The van der Waals surface area contributed by atoms with Gasteiger partial charge in [0.15, 0.2) is 0 Å². The molecule has 0 aliphatic heterocycles. The Morgan fingerprint density at radius 3 is 2.93 bits per heavy atom. The molecule has 14 heavy (non-hydrogen) atoms. The maximum absolute atomic E-state index is 11.8. The first-order valence-electron chi connectivity index (χ1n) is 4.79. The Morgan fingerprint density at radius 2 is 2.29 bits per heavy atom. The van der Waals surface area contributed by atoms with Crippen molar-refractivity contribution in [3.8, 4) is 0 Å². The third kappa shape index (κ3) is 3.64. The molecule has 3 heteroatoms. The topological polar surface area (TPSA) is 12.0 Å². The minimum absolute atomic E-state index is 0.222. The van der Waals surface area contributed by atoms with Crippen LogP contribution in [0.4, 0.5) is 4.39 Å². The van der Waals surface area contributed by atoms with Gasteiger partial charge in [0, 0.05) is 11.1 Å². The Hall–Kier alpha value is -0.600. The van der Waals surface area contributed by atoms with E-state index in [2.05, 4.69) is 5.32 Å². The van der Waals surface area contributed by atoms with Crippen molar-refractivity contribution in [2.75, 3.05) is 13.2 Å². The van der Waals surface area contributed by atoms with Gasteiger partial charge >= 0.3 is 0 Å². The highest BCUT2D eigenvalue weighted by molar-refractivity contribution is 6.30. The van der Waals surface area contributed by atoms with Gasteiger partial charge in [0.2, 0.25) is 0 Å². The second-order valence-electron chi connectivity index (χ2n) is 3.27. The first-order chi connectivity index (χ1) is 6.74. The van der Waals surface area contributed by atoms with Gasteiger partial charge in [0.1, 0.15) is 0 Å². The van der Waals surface area contributed by atoms with Gasteiger partial charge in [0.05, 0.1) is 6.67 Å². The average molecular weight is 216 g/mol. The van der Waals surface area contributed by atoms with Crippen LogP contribution >= 0.6 is 11.6 Å². The second-order valence-corrected chi connectivity index (χ2v) is 3.71. The second kappa shape index (κ2) is 5.99. The smallest absolute Gasteiger partial charge is 0.0906 e. The zero-order chi connectivity index (χ0) is 10.4. The molecule has 0 radical (unpaired) electrons. The molecule has 0 saturated carbocycles. The molecule has 1 nitrogen and oxygen atoms in total. The van der Waals surface area contributed by atoms with Crippen molar-refractivity contribution in [3.63, 3.8) is 0 Å². The van der Waals surface area contributed by atoms with Crippen LogP contribution < -0.4 is 5.32 Å². The number of rotatable bonds is 5. The quantitative estimate of drug-likeness (QED) is 0.743. The van der Waals surface area contributed by atoms with E-state index < -0.39 is 0 Å². The minimum atomic E-state index is -0.269. The molecule has 1 rings (SSSR count). The predicted octanol–water partition coefficient (Wildman–Crippen LogP) is 3.35. The molecule has 1 aromatic rings. The van der Waals surface area contributed by atoms with Crippen LogP contribution in [0, 0.1) is 0 Å². The maximum atomic E-state index is 11.8. The van der Waals surface area contributed by atoms with E-state index in [-0.39, 0.29) is 12.7 Å². The fourth-order valence-electron chi connectivity index (χ4n) is 1.28. The van der Waals surface area contributed by atoms with Crippen molar-refractivity contribution in [2.45, 2.75) is 19.4 Å². The average Bonchev–Trinajstić information content (AvgIpc) is 2.18. The molecule has 0 aliphatic rings. The van der Waals surface area contributed by atoms with Crippen LogP contribution in [0.5, 0.6) is 0 Å². The minimum Gasteiger partial charge on any atom is -0.310 e. The number of hydrogen-bond acceptors (Lipinski definition) is 1. The van der Waals surface area contributed by atoms with Gasteiger partial charge in [-0.15, -0.1) is 0 Å². The molecule has 0 amide bonds. The van der Waals surface area contributed by atoms with Gasteiger partial charge in [-0.2, -0.15) is 0 Å². The lowest BCUT2D eigenvalue weighted by atomic mass is 10.1. The normalized spacial score (nSPS) is 12.8. The summed E-state index contributed by atoms with van der Waals surface area (Å²) in [7, 11) is 0. The first-order valence-corrected chi connectivity index (χ1v) is 5.16. The maximum Gasteiger partial charge on any atom is 0.0906 e. The van der Waals surface area contributed by atoms with Crippen molar-refractivity contribution in [1.29, 1.82) is 0 Å². The summed E-state index contributed by atoms with van der Waals surface area (Å²) < 4.78 is 11.8. The molecule has 0 fully saturated rings. The van der Waals surface area contributed by atoms with Crippen LogP contribution in [0.15, 0.2) is 24.3 Å². The zero-order valence-corrected chi connectivity index (χ0v) is 9.02. The van der Waals surface area contributed by atoms with Gasteiger partial charge in [-0.1, -0.05) is 23.7 Å². The molecule has 78 valence electrons. The van der Waals surface area contributed by atoms with E-state index in [4.69, 9.17) is 11.6 Å². The highest BCUT2D eigenvalue weighted by Crippen LogP contribution is 2.16. The lowest BCUT2D eigenvalue weighted by Gasteiger charge is -2.13. The van der Waals surface area contributed by atoms with Crippen molar-refractivity contribution >= 4 is 11.6 Å². The van der Waals surface area contributed by atoms with Gasteiger partial charge < -0.3 is 5.32 Å². The third-order valence-electron chi connectivity index (χ3n) is 2.11. The van der Waals surface area contributed by atoms with E-state index in [0.29, 0.717) is 13.0 Å². The predicted molar refractivity (Wildman–Crippen MR) is 58.5 cm³/mol. The number of alkyl halides is 1. The first kappa shape index (κ1) is 11.5. The fourth-order valence-corrected chi connectivity index (χ4v) is 1.48. The van der Waals surface area contributed by atoms with Crippen LogP contribution in [-0.4, -0.2) is 13.2 Å². The molecule has 1 atom stereocenters. The molecular weight excluding hydrogens is 201 g/mol. The Kier molecular flexibility index (Phi) is 4.91. The molecule has 0 aliphatic carbocycles. The summed E-state index contributed by atoms with van der Waals surface area (Å²) in [5.41, 5.74) is 1.14. The molecule has 0 saturated heterocycles. The summed E-state index contributed by atoms with van der Waals surface area (Å²) >= 11 is 5.86. The van der Waals surface area contributed by atoms with E-state index in [0.717, 1.165) is 10.6 Å². The molecule has 0 unspecified atom stereocenters. The van der Waals surface area contributed by atoms with E-state index >= 15 is 0 Å². The van der Waals surface area contributed by atoms with Crippen molar-refractivity contribution < 1.29 is 4.39 Å². The number of benzene rings is 1. The molecule has 0 bridgehead atoms. The summed E-state index contributed by atoms with van der Waals surface area (Å²) in [6, 6.07) is 7.93. The van der Waals surface area contributed by atoms with Gasteiger partial charge in [-0.25, -0.2) is 0 Å². The summed E-state index contributed by atoms with van der Waals surface area (Å²) in [6.07, 6.45) is 0.560. The van der Waals surface area contributed by atoms with Crippen molar-refractivity contribution in [2.24, 2.45) is 0 Å². The summed E-state index contributed by atoms with van der Waals surface area (Å²) in [5.74, 6) is 0. The number of halogens is 2. The Labute approximate surface area is 89.3 Å². The van der Waals surface area contributed by atoms with Crippen LogP contribution in [0.2, 0.25) is 5.02 Å². The van der Waals surface area contributed by atoms with E-state index in [1.165, 1.54) is 0 Å². The molecule has 1 aromatic carbocycles. The largest absolute Gasteiger partial charge is 0.310 e. The highest BCUT2D eigenvalue weighted by Gasteiger charge is 2.03. The standard InChI is InChI=1S/C11H15ClFN/c1-9(14-7-3-6-13)10-4-2-5-11(12)8-10/h2,4-5,8-9,14H,3,6-7H2,1H3/t9-/m0/s1. The van der Waals surface area contributed by atoms with Gasteiger partial charge in [-0.05, 0) is 37.6 Å². The van der Waals surface area contributed by atoms with Gasteiger partial charge in [-0.3, -0.25) is 4.39 Å². The van der Waals surface area contributed by atoms with Crippen LogP contribution in [0.25, 0.3) is 0 Å². The number of nitrogens with one attached hydrogen (secondary N) is 1. The summed E-state index contributed by atoms with van der Waals surface area (Å²) in [5, 5.41) is 3.97. The zero-order valence-electron chi connectivity index (χ0n) is 8.26. The lowest BCUT2D eigenvalue weighted by Crippen LogP contribution is -2.20. The SMILES string of the molecule is C[C@H](NCCCF)c1cccc(Cl)c1. The summed E-state index contributed by atoms with van der Waals surface area (Å²) in [4.78, 5) is 0. The molecule has 1 N–H and O–H groups in total. The Balaban J connectivity index is 2.47. The highest BCUT2D eigenvalue weighted by atomic mass is 35.5. The molecule has 0 spiro atoms. The lowest BCUT2D eigenvalue weighted by molar-refractivity contribution is 0.446. The third-order valence-corrected chi connectivity index (χ3v) is 2.34. The Bertz CT molecular complexity index is 278. The van der Waals surface area contributed by atoms with Crippen molar-refractivity contribution in [3.05, 3.63) is 34.9 Å². The van der Waals surface area contributed by atoms with Crippen LogP contribution in [0.1, 0.15) is 24.9 Å². The summed E-state index contributed by atoms with van der Waals surface area (Å²) in [6.45, 7) is 2.48. The Morgan fingerprint density at radius 1 is 1.50 bits per heavy atom. The molecule has 0 heterocycles. The van der Waals surface area contributed by atoms with Crippen LogP contribution in [-0.2, 0) is 0 Å². The number of hydrogen-bond donors (Lipinski definition) is 1. The van der Waals surface area contributed by atoms with E-state index in [1.54, 1.807) is 0 Å². The van der Waals surface area contributed by atoms with E-state index in [9.17, 15) is 4.39 Å². The van der Waals surface area contributed by atoms with Gasteiger partial charge in [0.25, 0.3) is 0 Å². The van der Waals surface area contributed by atoms with E-state index in [1.807, 2.05) is 31.2 Å².